The van der Waals surface area contributed by atoms with Crippen molar-refractivity contribution < 1.29 is 4.42 Å². The van der Waals surface area contributed by atoms with Crippen molar-refractivity contribution in [1.29, 1.82) is 0 Å². The zero-order chi connectivity index (χ0) is 13.1. The highest BCUT2D eigenvalue weighted by molar-refractivity contribution is 6.31. The van der Waals surface area contributed by atoms with Gasteiger partial charge >= 0.3 is 0 Å². The van der Waals surface area contributed by atoms with E-state index in [0.29, 0.717) is 0 Å². The van der Waals surface area contributed by atoms with E-state index in [2.05, 4.69) is 5.10 Å². The lowest BCUT2D eigenvalue weighted by molar-refractivity contribution is 0.581. The van der Waals surface area contributed by atoms with Crippen molar-refractivity contribution >= 4 is 11.6 Å². The number of nitrogens with zero attached hydrogens (tertiary/aromatic N) is 2. The van der Waals surface area contributed by atoms with Crippen LogP contribution in [0.3, 0.4) is 0 Å². The van der Waals surface area contributed by atoms with Crippen molar-refractivity contribution in [2.24, 2.45) is 0 Å². The Morgan fingerprint density at radius 2 is 2.05 bits per heavy atom. The first-order valence-electron chi connectivity index (χ1n) is 6.13. The van der Waals surface area contributed by atoms with Gasteiger partial charge in [-0.3, -0.25) is 4.68 Å². The molecule has 0 aliphatic heterocycles. The summed E-state index contributed by atoms with van der Waals surface area (Å²) in [6.45, 7) is 0.796. The highest BCUT2D eigenvalue weighted by atomic mass is 35.5. The van der Waals surface area contributed by atoms with Gasteiger partial charge in [0.15, 0.2) is 0 Å². The molecule has 0 radical (unpaired) electrons. The van der Waals surface area contributed by atoms with Crippen molar-refractivity contribution in [3.8, 4) is 11.3 Å². The topological polar surface area (TPSA) is 31.0 Å². The van der Waals surface area contributed by atoms with Gasteiger partial charge in [0.2, 0.25) is 0 Å². The standard InChI is InChI=1S/C15H13ClN2O/c16-14-5-2-1-4-12(14)7-8-18-11-13(10-17-18)15-6-3-9-19-15/h1-6,9-11H,7-8H2. The maximum Gasteiger partial charge on any atom is 0.137 e. The van der Waals surface area contributed by atoms with Gasteiger partial charge in [-0.15, -0.1) is 0 Å². The molecule has 0 bridgehead atoms. The first kappa shape index (κ1) is 12.1. The molecule has 96 valence electrons. The van der Waals surface area contributed by atoms with E-state index < -0.39 is 0 Å². The number of aromatic nitrogens is 2. The van der Waals surface area contributed by atoms with E-state index in [-0.39, 0.29) is 0 Å². The van der Waals surface area contributed by atoms with Gasteiger partial charge in [-0.2, -0.15) is 5.10 Å². The molecule has 19 heavy (non-hydrogen) atoms. The Labute approximate surface area is 116 Å². The summed E-state index contributed by atoms with van der Waals surface area (Å²) in [5, 5.41) is 5.14. The summed E-state index contributed by atoms with van der Waals surface area (Å²) in [5.41, 5.74) is 2.13. The van der Waals surface area contributed by atoms with Crippen LogP contribution in [0.25, 0.3) is 11.3 Å². The molecule has 4 heteroatoms. The molecule has 2 aromatic heterocycles. The summed E-state index contributed by atoms with van der Waals surface area (Å²) in [7, 11) is 0. The van der Waals surface area contributed by atoms with Crippen LogP contribution in [0.2, 0.25) is 5.02 Å². The van der Waals surface area contributed by atoms with E-state index in [1.807, 2.05) is 53.5 Å². The van der Waals surface area contributed by atoms with Crippen LogP contribution in [-0.4, -0.2) is 9.78 Å². The maximum absolute atomic E-state index is 6.13. The molecule has 0 aliphatic rings. The zero-order valence-corrected chi connectivity index (χ0v) is 11.0. The van der Waals surface area contributed by atoms with E-state index in [1.165, 1.54) is 0 Å². The predicted molar refractivity (Wildman–Crippen MR) is 75.1 cm³/mol. The molecular weight excluding hydrogens is 260 g/mol. The van der Waals surface area contributed by atoms with Crippen LogP contribution >= 0.6 is 11.6 Å². The smallest absolute Gasteiger partial charge is 0.137 e. The lowest BCUT2D eigenvalue weighted by atomic mass is 10.1. The number of rotatable bonds is 4. The number of halogens is 1. The van der Waals surface area contributed by atoms with Gasteiger partial charge in [0.25, 0.3) is 0 Å². The average Bonchev–Trinajstić information content (AvgIpc) is 3.09. The summed E-state index contributed by atoms with van der Waals surface area (Å²) >= 11 is 6.13. The highest BCUT2D eigenvalue weighted by Crippen LogP contribution is 2.19. The summed E-state index contributed by atoms with van der Waals surface area (Å²) < 4.78 is 7.24. The molecule has 2 heterocycles. The largest absolute Gasteiger partial charge is 0.464 e. The number of aryl methyl sites for hydroxylation is 2. The molecule has 3 rings (SSSR count). The molecule has 0 unspecified atom stereocenters. The van der Waals surface area contributed by atoms with Gasteiger partial charge in [0.05, 0.1) is 18.0 Å². The summed E-state index contributed by atoms with van der Waals surface area (Å²) in [6, 6.07) is 11.7. The van der Waals surface area contributed by atoms with Crippen LogP contribution < -0.4 is 0 Å². The third-order valence-corrected chi connectivity index (χ3v) is 3.38. The minimum Gasteiger partial charge on any atom is -0.464 e. The Hall–Kier alpha value is -2.00. The quantitative estimate of drug-likeness (QED) is 0.718. The second-order valence-corrected chi connectivity index (χ2v) is 4.72. The predicted octanol–water partition coefficient (Wildman–Crippen LogP) is 4.04. The summed E-state index contributed by atoms with van der Waals surface area (Å²) in [4.78, 5) is 0. The van der Waals surface area contributed by atoms with Crippen LogP contribution in [0, 0.1) is 0 Å². The van der Waals surface area contributed by atoms with Crippen LogP contribution in [0.15, 0.2) is 59.5 Å². The minimum atomic E-state index is 0.796. The molecule has 0 aliphatic carbocycles. The lowest BCUT2D eigenvalue weighted by Crippen LogP contribution is -2.01. The van der Waals surface area contributed by atoms with Crippen molar-refractivity contribution in [2.75, 3.05) is 0 Å². The maximum atomic E-state index is 6.13. The number of hydrogen-bond donors (Lipinski definition) is 0. The molecule has 3 aromatic rings. The Bertz CT molecular complexity index is 658. The number of hydrogen-bond acceptors (Lipinski definition) is 2. The molecule has 0 N–H and O–H groups in total. The lowest BCUT2D eigenvalue weighted by Gasteiger charge is -2.03. The first-order chi connectivity index (χ1) is 9.33. The van der Waals surface area contributed by atoms with Crippen LogP contribution in [0.1, 0.15) is 5.56 Å². The Morgan fingerprint density at radius 3 is 2.84 bits per heavy atom. The second kappa shape index (κ2) is 5.33. The Balaban J connectivity index is 1.70. The highest BCUT2D eigenvalue weighted by Gasteiger charge is 2.05. The SMILES string of the molecule is Clc1ccccc1CCn1cc(-c2ccco2)cn1. The van der Waals surface area contributed by atoms with Crippen LogP contribution in [0.4, 0.5) is 0 Å². The second-order valence-electron chi connectivity index (χ2n) is 4.31. The average molecular weight is 273 g/mol. The van der Waals surface area contributed by atoms with Crippen LogP contribution in [0.5, 0.6) is 0 Å². The van der Waals surface area contributed by atoms with Gasteiger partial charge in [0, 0.05) is 17.8 Å². The fraction of sp³-hybridized carbons (Fsp3) is 0.133. The fourth-order valence-corrected chi connectivity index (χ4v) is 2.22. The van der Waals surface area contributed by atoms with Gasteiger partial charge in [-0.1, -0.05) is 29.8 Å². The Kier molecular flexibility index (Phi) is 3.38. The van der Waals surface area contributed by atoms with Crippen molar-refractivity contribution in [3.05, 3.63) is 65.6 Å². The summed E-state index contributed by atoms with van der Waals surface area (Å²) in [5.74, 6) is 0.837. The van der Waals surface area contributed by atoms with Gasteiger partial charge < -0.3 is 4.42 Å². The van der Waals surface area contributed by atoms with Crippen molar-refractivity contribution in [1.82, 2.24) is 9.78 Å². The van der Waals surface area contributed by atoms with E-state index in [0.717, 1.165) is 34.9 Å². The fourth-order valence-electron chi connectivity index (χ4n) is 1.99. The molecule has 0 saturated heterocycles. The van der Waals surface area contributed by atoms with E-state index >= 15 is 0 Å². The van der Waals surface area contributed by atoms with Gasteiger partial charge in [0.1, 0.15) is 5.76 Å². The molecule has 0 fully saturated rings. The Morgan fingerprint density at radius 1 is 1.16 bits per heavy atom. The monoisotopic (exact) mass is 272 g/mol. The number of benzene rings is 1. The minimum absolute atomic E-state index is 0.796. The van der Waals surface area contributed by atoms with Crippen molar-refractivity contribution in [3.63, 3.8) is 0 Å². The molecule has 1 aromatic carbocycles. The number of furan rings is 1. The third-order valence-electron chi connectivity index (χ3n) is 3.01. The summed E-state index contributed by atoms with van der Waals surface area (Å²) in [6.07, 6.45) is 6.32. The normalized spacial score (nSPS) is 10.8. The molecular formula is C15H13ClN2O. The van der Waals surface area contributed by atoms with E-state index in [4.69, 9.17) is 16.0 Å². The van der Waals surface area contributed by atoms with Gasteiger partial charge in [-0.25, -0.2) is 0 Å². The first-order valence-corrected chi connectivity index (χ1v) is 6.50. The van der Waals surface area contributed by atoms with Gasteiger partial charge in [-0.05, 0) is 30.2 Å². The van der Waals surface area contributed by atoms with Crippen molar-refractivity contribution in [2.45, 2.75) is 13.0 Å². The molecule has 0 atom stereocenters. The van der Waals surface area contributed by atoms with Crippen LogP contribution in [-0.2, 0) is 13.0 Å². The zero-order valence-electron chi connectivity index (χ0n) is 10.3. The molecule has 0 amide bonds. The molecule has 3 nitrogen and oxygen atoms in total. The third kappa shape index (κ3) is 2.71. The van der Waals surface area contributed by atoms with E-state index in [9.17, 15) is 0 Å². The molecule has 0 spiro atoms. The van der Waals surface area contributed by atoms with E-state index in [1.54, 1.807) is 6.26 Å². The molecule has 0 saturated carbocycles.